The molecule has 0 spiro atoms. The fourth-order valence-electron chi connectivity index (χ4n) is 2.17. The maximum absolute atomic E-state index is 12.0. The van der Waals surface area contributed by atoms with E-state index >= 15 is 0 Å². The second-order valence-corrected chi connectivity index (χ2v) is 5.58. The smallest absolute Gasteiger partial charge is 0.347 e. The molecule has 7 nitrogen and oxygen atoms in total. The summed E-state index contributed by atoms with van der Waals surface area (Å²) in [5, 5.41) is 7.82. The summed E-state index contributed by atoms with van der Waals surface area (Å²) in [5.74, 6) is -1.00. The van der Waals surface area contributed by atoms with Gasteiger partial charge in [-0.15, -0.1) is 0 Å². The molecule has 0 aliphatic heterocycles. The van der Waals surface area contributed by atoms with E-state index in [9.17, 15) is 9.59 Å². The molecule has 0 fully saturated rings. The van der Waals surface area contributed by atoms with Crippen LogP contribution in [0.5, 0.6) is 0 Å². The van der Waals surface area contributed by atoms with Gasteiger partial charge in [-0.3, -0.25) is 0 Å². The molecule has 0 atom stereocenters. The fourth-order valence-corrected chi connectivity index (χ4v) is 2.39. The Bertz CT molecular complexity index is 810. The first-order valence-electron chi connectivity index (χ1n) is 8.10. The molecule has 0 saturated carbocycles. The lowest BCUT2D eigenvalue weighted by Crippen LogP contribution is -2.19. The van der Waals surface area contributed by atoms with Crippen LogP contribution in [0, 0.1) is 6.92 Å². The van der Waals surface area contributed by atoms with Gasteiger partial charge in [-0.2, -0.15) is 5.10 Å². The molecule has 0 saturated heterocycles. The van der Waals surface area contributed by atoms with Crippen LogP contribution in [-0.2, 0) is 19.1 Å². The third-order valence-corrected chi connectivity index (χ3v) is 3.59. The molecule has 0 aliphatic rings. The molecule has 0 aliphatic carbocycles. The summed E-state index contributed by atoms with van der Waals surface area (Å²) in [6, 6.07) is 8.96. The number of carbonyl (C=O) groups excluding carboxylic acids is 2. The van der Waals surface area contributed by atoms with Gasteiger partial charge in [-0.1, -0.05) is 23.7 Å². The lowest BCUT2D eigenvalue weighted by atomic mass is 10.3. The van der Waals surface area contributed by atoms with Gasteiger partial charge in [0.05, 0.1) is 29.6 Å². The summed E-state index contributed by atoms with van der Waals surface area (Å²) in [7, 11) is 0. The van der Waals surface area contributed by atoms with E-state index in [-0.39, 0.29) is 18.8 Å². The first-order chi connectivity index (χ1) is 12.5. The van der Waals surface area contributed by atoms with Gasteiger partial charge < -0.3 is 14.8 Å². The van der Waals surface area contributed by atoms with Gasteiger partial charge in [0.25, 0.3) is 0 Å². The van der Waals surface area contributed by atoms with Crippen molar-refractivity contribution in [3.8, 4) is 5.69 Å². The first kappa shape index (κ1) is 19.5. The summed E-state index contributed by atoms with van der Waals surface area (Å²) in [5.41, 5.74) is 1.15. The molecule has 26 heavy (non-hydrogen) atoms. The molecule has 2 rings (SSSR count). The van der Waals surface area contributed by atoms with Crippen molar-refractivity contribution in [2.24, 2.45) is 0 Å². The quantitative estimate of drug-likeness (QED) is 0.345. The zero-order chi connectivity index (χ0) is 19.1. The van der Waals surface area contributed by atoms with Crippen LogP contribution < -0.4 is 5.32 Å². The largest absolute Gasteiger partial charge is 0.462 e. The Hall–Kier alpha value is -2.80. The fraction of sp³-hybridized carbons (Fsp3) is 0.278. The predicted octanol–water partition coefficient (Wildman–Crippen LogP) is 3.26. The van der Waals surface area contributed by atoms with Crippen LogP contribution in [0.2, 0.25) is 5.02 Å². The third kappa shape index (κ3) is 4.64. The Labute approximate surface area is 156 Å². The van der Waals surface area contributed by atoms with Crippen LogP contribution in [0.15, 0.2) is 42.1 Å². The number of aryl methyl sites for hydroxylation is 1. The zero-order valence-electron chi connectivity index (χ0n) is 14.8. The molecule has 138 valence electrons. The standard InChI is InChI=1S/C18H20ClN3O4/c1-4-25-17(23)13(18(24)26-5-2)11-20-16-10-12(3)21-22(16)15-9-7-6-8-14(15)19/h6-11,20H,4-5H2,1-3H3. The van der Waals surface area contributed by atoms with Crippen molar-refractivity contribution in [1.82, 2.24) is 9.78 Å². The van der Waals surface area contributed by atoms with E-state index in [0.29, 0.717) is 16.5 Å². The van der Waals surface area contributed by atoms with Gasteiger partial charge in [-0.05, 0) is 32.9 Å². The van der Waals surface area contributed by atoms with Crippen molar-refractivity contribution >= 4 is 29.4 Å². The van der Waals surface area contributed by atoms with E-state index in [0.717, 1.165) is 5.69 Å². The SMILES string of the molecule is CCOC(=O)C(=CNc1cc(C)nn1-c1ccccc1Cl)C(=O)OCC. The van der Waals surface area contributed by atoms with Crippen molar-refractivity contribution in [1.29, 1.82) is 0 Å². The molecule has 0 bridgehead atoms. The van der Waals surface area contributed by atoms with E-state index in [1.165, 1.54) is 6.20 Å². The van der Waals surface area contributed by atoms with Crippen LogP contribution in [0.3, 0.4) is 0 Å². The van der Waals surface area contributed by atoms with Gasteiger partial charge in [0.2, 0.25) is 0 Å². The van der Waals surface area contributed by atoms with Gasteiger partial charge >= 0.3 is 11.9 Å². The maximum atomic E-state index is 12.0. The lowest BCUT2D eigenvalue weighted by Gasteiger charge is -2.10. The monoisotopic (exact) mass is 377 g/mol. The molecular formula is C18H20ClN3O4. The van der Waals surface area contributed by atoms with E-state index in [1.54, 1.807) is 36.7 Å². The minimum absolute atomic E-state index is 0.145. The highest BCUT2D eigenvalue weighted by Crippen LogP contribution is 2.24. The molecule has 1 N–H and O–H groups in total. The minimum Gasteiger partial charge on any atom is -0.462 e. The number of carbonyl (C=O) groups is 2. The van der Waals surface area contributed by atoms with Gasteiger partial charge in [0.15, 0.2) is 5.57 Å². The summed E-state index contributed by atoms with van der Waals surface area (Å²) in [6.45, 7) is 5.42. The molecule has 0 amide bonds. The van der Waals surface area contributed by atoms with Crippen LogP contribution in [0.25, 0.3) is 5.69 Å². The van der Waals surface area contributed by atoms with E-state index in [2.05, 4.69) is 10.4 Å². The molecule has 0 unspecified atom stereocenters. The van der Waals surface area contributed by atoms with E-state index < -0.39 is 11.9 Å². The third-order valence-electron chi connectivity index (χ3n) is 3.27. The maximum Gasteiger partial charge on any atom is 0.347 e. The second kappa shape index (κ2) is 9.05. The number of anilines is 1. The Kier molecular flexibility index (Phi) is 6.80. The summed E-state index contributed by atoms with van der Waals surface area (Å²) < 4.78 is 11.4. The highest BCUT2D eigenvalue weighted by molar-refractivity contribution is 6.32. The van der Waals surface area contributed by atoms with Crippen molar-refractivity contribution in [3.05, 3.63) is 52.8 Å². The van der Waals surface area contributed by atoms with Crippen LogP contribution in [0.1, 0.15) is 19.5 Å². The number of aromatic nitrogens is 2. The average molecular weight is 378 g/mol. The number of esters is 2. The predicted molar refractivity (Wildman–Crippen MR) is 98.3 cm³/mol. The van der Waals surface area contributed by atoms with Crippen molar-refractivity contribution in [3.63, 3.8) is 0 Å². The first-order valence-corrected chi connectivity index (χ1v) is 8.48. The number of para-hydroxylation sites is 1. The van der Waals surface area contributed by atoms with E-state index in [4.69, 9.17) is 21.1 Å². The van der Waals surface area contributed by atoms with Gasteiger partial charge in [0, 0.05) is 12.3 Å². The van der Waals surface area contributed by atoms with Crippen LogP contribution in [0.4, 0.5) is 5.82 Å². The van der Waals surface area contributed by atoms with Gasteiger partial charge in [0.1, 0.15) is 5.82 Å². The molecule has 8 heteroatoms. The molecule has 1 aromatic carbocycles. The number of halogens is 1. The Balaban J connectivity index is 2.37. The van der Waals surface area contributed by atoms with E-state index in [1.807, 2.05) is 19.1 Å². The Morgan fingerprint density at radius 3 is 2.38 bits per heavy atom. The average Bonchev–Trinajstić information content (AvgIpc) is 2.96. The number of ether oxygens (including phenoxy) is 2. The number of hydrogen-bond donors (Lipinski definition) is 1. The summed E-state index contributed by atoms with van der Waals surface area (Å²) in [6.07, 6.45) is 1.25. The molecular weight excluding hydrogens is 358 g/mol. The van der Waals surface area contributed by atoms with Crippen molar-refractivity contribution < 1.29 is 19.1 Å². The highest BCUT2D eigenvalue weighted by atomic mass is 35.5. The molecule has 0 radical (unpaired) electrons. The number of benzene rings is 1. The second-order valence-electron chi connectivity index (χ2n) is 5.18. The van der Waals surface area contributed by atoms with Crippen molar-refractivity contribution in [2.75, 3.05) is 18.5 Å². The number of nitrogens with zero attached hydrogens (tertiary/aromatic N) is 2. The minimum atomic E-state index is -0.765. The summed E-state index contributed by atoms with van der Waals surface area (Å²) in [4.78, 5) is 24.0. The lowest BCUT2D eigenvalue weighted by molar-refractivity contribution is -0.146. The summed E-state index contributed by atoms with van der Waals surface area (Å²) >= 11 is 6.23. The molecule has 1 aromatic heterocycles. The van der Waals surface area contributed by atoms with Crippen LogP contribution in [-0.4, -0.2) is 34.9 Å². The Morgan fingerprint density at radius 1 is 1.19 bits per heavy atom. The van der Waals surface area contributed by atoms with Crippen molar-refractivity contribution in [2.45, 2.75) is 20.8 Å². The van der Waals surface area contributed by atoms with Crippen LogP contribution >= 0.6 is 11.6 Å². The topological polar surface area (TPSA) is 82.5 Å². The zero-order valence-corrected chi connectivity index (χ0v) is 15.5. The molecule has 1 heterocycles. The van der Waals surface area contributed by atoms with Gasteiger partial charge in [-0.25, -0.2) is 14.3 Å². The normalized spacial score (nSPS) is 10.2. The highest BCUT2D eigenvalue weighted by Gasteiger charge is 2.21. The number of rotatable bonds is 7. The Morgan fingerprint density at radius 2 is 1.81 bits per heavy atom. The number of hydrogen-bond acceptors (Lipinski definition) is 6. The molecule has 2 aromatic rings. The number of nitrogens with one attached hydrogen (secondary N) is 1.